The van der Waals surface area contributed by atoms with Crippen molar-refractivity contribution in [1.82, 2.24) is 4.98 Å². The zero-order chi connectivity index (χ0) is 15.2. The second kappa shape index (κ2) is 7.22. The maximum Gasteiger partial charge on any atom is 0.358 e. The van der Waals surface area contributed by atoms with Gasteiger partial charge in [-0.1, -0.05) is 25.5 Å². The lowest BCUT2D eigenvalue weighted by atomic mass is 10.2. The Hall–Kier alpha value is -1.88. The van der Waals surface area contributed by atoms with Crippen molar-refractivity contribution in [2.75, 3.05) is 13.7 Å². The van der Waals surface area contributed by atoms with Crippen LogP contribution < -0.4 is 4.74 Å². The first-order valence-electron chi connectivity index (χ1n) is 7.01. The largest absolute Gasteiger partial charge is 0.496 e. The lowest BCUT2D eigenvalue weighted by Gasteiger charge is -2.04. The summed E-state index contributed by atoms with van der Waals surface area (Å²) in [5.41, 5.74) is 1.34. The van der Waals surface area contributed by atoms with Gasteiger partial charge < -0.3 is 9.47 Å². The molecule has 0 aliphatic heterocycles. The molecule has 0 fully saturated rings. The van der Waals surface area contributed by atoms with Gasteiger partial charge in [0.1, 0.15) is 10.8 Å². The van der Waals surface area contributed by atoms with E-state index in [0.29, 0.717) is 12.3 Å². The molecule has 0 aliphatic carbocycles. The number of para-hydroxylation sites is 1. The second-order valence-electron chi connectivity index (χ2n) is 4.46. The van der Waals surface area contributed by atoms with Crippen molar-refractivity contribution in [2.24, 2.45) is 0 Å². The number of ether oxygens (including phenoxy) is 2. The van der Waals surface area contributed by atoms with Gasteiger partial charge in [-0.15, -0.1) is 11.3 Å². The van der Waals surface area contributed by atoms with E-state index in [1.807, 2.05) is 24.3 Å². The third kappa shape index (κ3) is 3.42. The van der Waals surface area contributed by atoms with Crippen LogP contribution in [0.4, 0.5) is 0 Å². The Morgan fingerprint density at radius 2 is 2.05 bits per heavy atom. The van der Waals surface area contributed by atoms with Gasteiger partial charge in [0.25, 0.3) is 0 Å². The predicted octanol–water partition coefficient (Wildman–Crippen LogP) is 3.95. The Balaban J connectivity index is 2.45. The van der Waals surface area contributed by atoms with Crippen LogP contribution in [0.25, 0.3) is 10.6 Å². The van der Waals surface area contributed by atoms with E-state index in [0.717, 1.165) is 34.0 Å². The second-order valence-corrected chi connectivity index (χ2v) is 5.55. The van der Waals surface area contributed by atoms with Gasteiger partial charge in [-0.3, -0.25) is 0 Å². The highest BCUT2D eigenvalue weighted by Crippen LogP contribution is 2.35. The molecule has 0 N–H and O–H groups in total. The number of rotatable bonds is 6. The number of thiazole rings is 1. The Morgan fingerprint density at radius 3 is 2.71 bits per heavy atom. The summed E-state index contributed by atoms with van der Waals surface area (Å²) in [5, 5.41) is 0.791. The number of nitrogens with zero attached hydrogens (tertiary/aromatic N) is 1. The van der Waals surface area contributed by atoms with Gasteiger partial charge in [-0.2, -0.15) is 0 Å². The number of aromatic nitrogens is 1. The van der Waals surface area contributed by atoms with Crippen molar-refractivity contribution in [1.29, 1.82) is 0 Å². The van der Waals surface area contributed by atoms with Gasteiger partial charge >= 0.3 is 5.97 Å². The number of hydrogen-bond donors (Lipinski definition) is 0. The van der Waals surface area contributed by atoms with Gasteiger partial charge in [-0.25, -0.2) is 9.78 Å². The van der Waals surface area contributed by atoms with Crippen LogP contribution in [0.2, 0.25) is 0 Å². The average molecular weight is 305 g/mol. The molecule has 1 heterocycles. The van der Waals surface area contributed by atoms with Crippen molar-refractivity contribution < 1.29 is 14.3 Å². The van der Waals surface area contributed by atoms with E-state index < -0.39 is 0 Å². The lowest BCUT2D eigenvalue weighted by molar-refractivity contribution is 0.0519. The smallest absolute Gasteiger partial charge is 0.358 e. The molecule has 0 bridgehead atoms. The molecule has 0 aliphatic rings. The fraction of sp³-hybridized carbons (Fsp3) is 0.375. The van der Waals surface area contributed by atoms with Gasteiger partial charge in [0, 0.05) is 4.88 Å². The third-order valence-electron chi connectivity index (χ3n) is 2.98. The van der Waals surface area contributed by atoms with E-state index >= 15 is 0 Å². The fourth-order valence-corrected chi connectivity index (χ4v) is 3.22. The average Bonchev–Trinajstić information content (AvgIpc) is 2.92. The lowest BCUT2D eigenvalue weighted by Crippen LogP contribution is -2.07. The molecular weight excluding hydrogens is 286 g/mol. The number of carbonyl (C=O) groups excluding carboxylic acids is 1. The monoisotopic (exact) mass is 305 g/mol. The number of aryl methyl sites for hydroxylation is 1. The van der Waals surface area contributed by atoms with Crippen LogP contribution in [0.1, 0.15) is 35.6 Å². The minimum absolute atomic E-state index is 0.349. The zero-order valence-corrected chi connectivity index (χ0v) is 13.3. The van der Waals surface area contributed by atoms with Gasteiger partial charge in [-0.05, 0) is 25.5 Å². The molecular formula is C16H19NO3S. The standard InChI is InChI=1S/C16H19NO3S/c1-4-8-13-14(16(18)20-5-2)17-15(21-13)11-9-6-7-10-12(11)19-3/h6-7,9-10H,4-5,8H2,1-3H3. The van der Waals surface area contributed by atoms with E-state index in [1.54, 1.807) is 14.0 Å². The molecule has 1 aromatic heterocycles. The molecule has 112 valence electrons. The zero-order valence-electron chi connectivity index (χ0n) is 12.5. The highest BCUT2D eigenvalue weighted by molar-refractivity contribution is 7.15. The summed E-state index contributed by atoms with van der Waals surface area (Å²) in [5.74, 6) is 0.406. The summed E-state index contributed by atoms with van der Waals surface area (Å²) >= 11 is 1.53. The SMILES string of the molecule is CCCc1sc(-c2ccccc2OC)nc1C(=O)OCC. The molecule has 4 nitrogen and oxygen atoms in total. The van der Waals surface area contributed by atoms with Gasteiger partial charge in [0.15, 0.2) is 5.69 Å². The molecule has 0 radical (unpaired) electrons. The Labute approximate surface area is 128 Å². The molecule has 0 saturated carbocycles. The minimum Gasteiger partial charge on any atom is -0.496 e. The van der Waals surface area contributed by atoms with Crippen LogP contribution in [0, 0.1) is 0 Å². The van der Waals surface area contributed by atoms with Crippen molar-refractivity contribution in [3.63, 3.8) is 0 Å². The number of hydrogen-bond acceptors (Lipinski definition) is 5. The molecule has 0 unspecified atom stereocenters. The maximum atomic E-state index is 12.0. The first kappa shape index (κ1) is 15.5. The third-order valence-corrected chi connectivity index (χ3v) is 4.13. The van der Waals surface area contributed by atoms with Crippen LogP contribution in [-0.2, 0) is 11.2 Å². The predicted molar refractivity (Wildman–Crippen MR) is 84.1 cm³/mol. The van der Waals surface area contributed by atoms with E-state index in [4.69, 9.17) is 9.47 Å². The summed E-state index contributed by atoms with van der Waals surface area (Å²) in [6.45, 7) is 4.23. The quantitative estimate of drug-likeness (QED) is 0.758. The van der Waals surface area contributed by atoms with Crippen molar-refractivity contribution in [3.8, 4) is 16.3 Å². The topological polar surface area (TPSA) is 48.4 Å². The Morgan fingerprint density at radius 1 is 1.29 bits per heavy atom. The van der Waals surface area contributed by atoms with Gasteiger partial charge in [0.2, 0.25) is 0 Å². The molecule has 0 atom stereocenters. The molecule has 0 saturated heterocycles. The van der Waals surface area contributed by atoms with E-state index in [1.165, 1.54) is 11.3 Å². The number of benzene rings is 1. The molecule has 2 rings (SSSR count). The van der Waals surface area contributed by atoms with Crippen LogP contribution >= 0.6 is 11.3 Å². The summed E-state index contributed by atoms with van der Waals surface area (Å²) in [6.07, 6.45) is 1.78. The molecule has 2 aromatic rings. The highest BCUT2D eigenvalue weighted by atomic mass is 32.1. The van der Waals surface area contributed by atoms with Gasteiger partial charge in [0.05, 0.1) is 19.3 Å². The summed E-state index contributed by atoms with van der Waals surface area (Å²) in [7, 11) is 1.63. The summed E-state index contributed by atoms with van der Waals surface area (Å²) < 4.78 is 10.5. The van der Waals surface area contributed by atoms with Crippen molar-refractivity contribution in [3.05, 3.63) is 34.8 Å². The van der Waals surface area contributed by atoms with E-state index in [9.17, 15) is 4.79 Å². The summed E-state index contributed by atoms with van der Waals surface area (Å²) in [4.78, 5) is 17.5. The van der Waals surface area contributed by atoms with Crippen LogP contribution in [0.5, 0.6) is 5.75 Å². The minimum atomic E-state index is -0.349. The molecule has 0 spiro atoms. The Bertz CT molecular complexity index is 622. The molecule has 1 aromatic carbocycles. The number of carbonyl (C=O) groups is 1. The Kier molecular flexibility index (Phi) is 5.33. The molecule has 0 amide bonds. The van der Waals surface area contributed by atoms with E-state index in [-0.39, 0.29) is 5.97 Å². The molecule has 21 heavy (non-hydrogen) atoms. The van der Waals surface area contributed by atoms with Crippen LogP contribution in [-0.4, -0.2) is 24.7 Å². The number of methoxy groups -OCH3 is 1. The number of esters is 1. The first-order valence-corrected chi connectivity index (χ1v) is 7.83. The van der Waals surface area contributed by atoms with Crippen molar-refractivity contribution in [2.45, 2.75) is 26.7 Å². The van der Waals surface area contributed by atoms with E-state index in [2.05, 4.69) is 11.9 Å². The maximum absolute atomic E-state index is 12.0. The van der Waals surface area contributed by atoms with Crippen LogP contribution in [0.15, 0.2) is 24.3 Å². The highest BCUT2D eigenvalue weighted by Gasteiger charge is 2.20. The molecule has 5 heteroatoms. The first-order chi connectivity index (χ1) is 10.2. The van der Waals surface area contributed by atoms with Crippen LogP contribution in [0.3, 0.4) is 0 Å². The van der Waals surface area contributed by atoms with Crippen molar-refractivity contribution >= 4 is 17.3 Å². The normalized spacial score (nSPS) is 10.4. The summed E-state index contributed by atoms with van der Waals surface area (Å²) in [6, 6.07) is 7.68. The fourth-order valence-electron chi connectivity index (χ4n) is 2.04.